The van der Waals surface area contributed by atoms with E-state index in [1.807, 2.05) is 52.0 Å². The SMILES string of the molecule is CC[C@H](C)[C@@H]([C@@H](CC(=O)N1CCC[C@H]1[C@H](OC)[C@@H](C)C(=O)N[C@@H](Cc1ccccc1)C(=O)O)OC)N(C)C(=O)[C@@H](NC(=O)[C@H](C(C)C)N(C)C(=O)OCc1ccc(NC(=O)O[C@@H]2CCCC2/C=[SH]\Sc2ccccn2)cc1)C(C)C. The van der Waals surface area contributed by atoms with Crippen LogP contribution in [-0.4, -0.2) is 155 Å². The first-order chi connectivity index (χ1) is 38.2. The molecular weight excluding hydrogens is 1060 g/mol. The number of carboxylic acid groups (broad SMARTS) is 1. The molecule has 2 aromatic carbocycles. The van der Waals surface area contributed by atoms with Crippen molar-refractivity contribution < 1.29 is 57.6 Å². The van der Waals surface area contributed by atoms with Gasteiger partial charge in [0.2, 0.25) is 23.6 Å². The molecule has 0 bridgehead atoms. The number of ether oxygens (including phenoxy) is 4. The maximum absolute atomic E-state index is 14.7. The van der Waals surface area contributed by atoms with Crippen molar-refractivity contribution in [3.63, 3.8) is 0 Å². The number of carboxylic acids is 1. The zero-order chi connectivity index (χ0) is 58.6. The monoisotopic (exact) mass is 1150 g/mol. The summed E-state index contributed by atoms with van der Waals surface area (Å²) in [7, 11) is 8.75. The third kappa shape index (κ3) is 18.2. The molecule has 2 aliphatic rings. The molecule has 21 heteroatoms. The van der Waals surface area contributed by atoms with Crippen LogP contribution < -0.4 is 16.0 Å². The van der Waals surface area contributed by atoms with Gasteiger partial charge in [-0.15, -0.1) is 10.4 Å². The second-order valence-electron chi connectivity index (χ2n) is 21.6. The van der Waals surface area contributed by atoms with Gasteiger partial charge in [0.1, 0.15) is 35.9 Å². The molecule has 5 rings (SSSR count). The Balaban J connectivity index is 1.17. The summed E-state index contributed by atoms with van der Waals surface area (Å²) in [5.74, 6) is -4.46. The van der Waals surface area contributed by atoms with Crippen LogP contribution in [0.2, 0.25) is 0 Å². The number of hydrogen-bond donors (Lipinski definition) is 5. The first-order valence-electron chi connectivity index (χ1n) is 27.8. The van der Waals surface area contributed by atoms with E-state index >= 15 is 0 Å². The van der Waals surface area contributed by atoms with Crippen LogP contribution >= 0.6 is 21.2 Å². The van der Waals surface area contributed by atoms with Crippen molar-refractivity contribution in [3.05, 3.63) is 90.1 Å². The number of hydrogen-bond acceptors (Lipinski definition) is 13. The fourth-order valence-corrected chi connectivity index (χ4v) is 12.9. The van der Waals surface area contributed by atoms with E-state index in [0.29, 0.717) is 37.1 Å². The van der Waals surface area contributed by atoms with Crippen LogP contribution in [0.1, 0.15) is 105 Å². The molecule has 1 saturated carbocycles. The molecule has 4 N–H and O–H groups in total. The van der Waals surface area contributed by atoms with E-state index in [9.17, 15) is 38.7 Å². The number of nitrogens with zero attached hydrogens (tertiary/aromatic N) is 4. The molecule has 11 atom stereocenters. The van der Waals surface area contributed by atoms with Crippen LogP contribution in [0.5, 0.6) is 0 Å². The number of benzene rings is 2. The van der Waals surface area contributed by atoms with Gasteiger partial charge in [0, 0.05) is 59.1 Å². The second kappa shape index (κ2) is 31.8. The molecule has 1 aromatic heterocycles. The third-order valence-corrected chi connectivity index (χ3v) is 17.6. The summed E-state index contributed by atoms with van der Waals surface area (Å²) in [6, 6.07) is 17.3. The van der Waals surface area contributed by atoms with E-state index in [-0.39, 0.29) is 55.1 Å². The van der Waals surface area contributed by atoms with Gasteiger partial charge in [0.25, 0.3) is 0 Å². The summed E-state index contributed by atoms with van der Waals surface area (Å²) in [5.41, 5.74) is 1.92. The van der Waals surface area contributed by atoms with Gasteiger partial charge in [-0.1, -0.05) is 103 Å². The fourth-order valence-electron chi connectivity index (χ4n) is 10.7. The predicted molar refractivity (Wildman–Crippen MR) is 312 cm³/mol. The highest BCUT2D eigenvalue weighted by Gasteiger charge is 2.44. The van der Waals surface area contributed by atoms with Crippen molar-refractivity contribution in [2.24, 2.45) is 29.6 Å². The number of aliphatic carboxylic acids is 1. The van der Waals surface area contributed by atoms with Crippen LogP contribution in [0.3, 0.4) is 0 Å². The minimum atomic E-state index is -1.17. The first kappa shape index (κ1) is 64.8. The molecule has 6 amide bonds. The van der Waals surface area contributed by atoms with Crippen molar-refractivity contribution in [1.82, 2.24) is 30.3 Å². The number of carbonyl (C=O) groups is 7. The average Bonchev–Trinajstić information content (AvgIpc) is 4.11. The maximum atomic E-state index is 14.7. The second-order valence-corrected chi connectivity index (χ2v) is 23.9. The van der Waals surface area contributed by atoms with Crippen molar-refractivity contribution >= 4 is 74.0 Å². The minimum Gasteiger partial charge on any atom is -0.480 e. The highest BCUT2D eigenvalue weighted by Crippen LogP contribution is 2.33. The molecule has 1 saturated heterocycles. The molecular formula is C59H85N7O12S2. The van der Waals surface area contributed by atoms with Gasteiger partial charge in [-0.2, -0.15) is 0 Å². The van der Waals surface area contributed by atoms with Gasteiger partial charge in [-0.25, -0.2) is 19.4 Å². The largest absolute Gasteiger partial charge is 0.480 e. The molecule has 0 radical (unpaired) electrons. The Hall–Kier alpha value is -6.03. The maximum Gasteiger partial charge on any atom is 0.411 e. The summed E-state index contributed by atoms with van der Waals surface area (Å²) < 4.78 is 23.5. The fraction of sp³-hybridized carbons (Fsp3) is 0.576. The highest BCUT2D eigenvalue weighted by atomic mass is 33.1. The number of aromatic nitrogens is 1. The van der Waals surface area contributed by atoms with E-state index in [4.69, 9.17) is 18.9 Å². The predicted octanol–water partition coefficient (Wildman–Crippen LogP) is 8.24. The number of carbonyl (C=O) groups excluding carboxylic acids is 6. The minimum absolute atomic E-state index is 0.0970. The molecule has 19 nitrogen and oxygen atoms in total. The Bertz CT molecular complexity index is 2530. The average molecular weight is 1150 g/mol. The molecule has 1 aliphatic heterocycles. The molecule has 440 valence electrons. The smallest absolute Gasteiger partial charge is 0.411 e. The van der Waals surface area contributed by atoms with Crippen molar-refractivity contribution in [3.8, 4) is 0 Å². The number of methoxy groups -OCH3 is 2. The van der Waals surface area contributed by atoms with Crippen molar-refractivity contribution in [1.29, 1.82) is 0 Å². The molecule has 0 spiro atoms. The number of likely N-dealkylation sites (tertiary alicyclic amines) is 1. The summed E-state index contributed by atoms with van der Waals surface area (Å²) in [6.45, 7) is 13.2. The van der Waals surface area contributed by atoms with Gasteiger partial charge >= 0.3 is 18.2 Å². The number of likely N-dealkylation sites (N-methyl/N-ethyl adjacent to an activating group) is 2. The van der Waals surface area contributed by atoms with Crippen molar-refractivity contribution in [2.75, 3.05) is 40.2 Å². The molecule has 2 fully saturated rings. The molecule has 80 heavy (non-hydrogen) atoms. The van der Waals surface area contributed by atoms with Crippen LogP contribution in [-0.2, 0) is 55.9 Å². The number of rotatable bonds is 28. The summed E-state index contributed by atoms with van der Waals surface area (Å²) >= 11 is 0. The number of thiol groups is 1. The lowest BCUT2D eigenvalue weighted by atomic mass is 9.89. The van der Waals surface area contributed by atoms with Gasteiger partial charge in [-0.3, -0.25) is 29.4 Å². The number of amides is 6. The van der Waals surface area contributed by atoms with Crippen molar-refractivity contribution in [2.45, 2.75) is 160 Å². The topological polar surface area (TPSA) is 235 Å². The Morgan fingerprint density at radius 2 is 1.52 bits per heavy atom. The van der Waals surface area contributed by atoms with Crippen LogP contribution in [0, 0.1) is 29.6 Å². The lowest BCUT2D eigenvalue weighted by molar-refractivity contribution is -0.148. The van der Waals surface area contributed by atoms with Crippen LogP contribution in [0.4, 0.5) is 15.3 Å². The van der Waals surface area contributed by atoms with E-state index < -0.39 is 84.2 Å². The van der Waals surface area contributed by atoms with E-state index in [1.165, 1.54) is 26.2 Å². The number of nitrogens with one attached hydrogen (secondary N) is 3. The number of pyridine rings is 1. The van der Waals surface area contributed by atoms with Gasteiger partial charge in [-0.05, 0) is 101 Å². The van der Waals surface area contributed by atoms with E-state index in [2.05, 4.69) is 26.3 Å². The Morgan fingerprint density at radius 3 is 2.14 bits per heavy atom. The summed E-state index contributed by atoms with van der Waals surface area (Å²) in [6.07, 6.45) is 3.26. The highest BCUT2D eigenvalue weighted by molar-refractivity contribution is 8.75. The number of anilines is 1. The van der Waals surface area contributed by atoms with E-state index in [0.717, 1.165) is 40.2 Å². The standard InChI is InChI=1S/C59H85N7O12S2/c1-12-38(6)52(47(75-10)33-49(67)66-31-19-23-45(66)53(76-11)39(7)54(68)62-44(57(71)72)32-40-20-14-13-15-21-40)64(8)56(70)50(36(2)3)63-55(69)51(37(4)5)65(9)59(74)77-34-41-26-28-43(29-27-41)61-58(73)78-46-24-18-22-42(46)35-79-80-48-25-16-17-30-60-48/h13-17,20-21,25-30,35-39,42,44-47,50-53,79H,12,18-19,22-24,31-34H2,1-11H3,(H,61,73)(H,62,68)(H,63,69)(H,71,72)/t38-,39+,42?,44-,45-,46+,47+,50-,51-,52-,53+/m0/s1. The van der Waals surface area contributed by atoms with Gasteiger partial charge < -0.3 is 44.5 Å². The summed E-state index contributed by atoms with van der Waals surface area (Å²) in [4.78, 5) is 105. The summed E-state index contributed by atoms with van der Waals surface area (Å²) in [5, 5.41) is 21.5. The lowest BCUT2D eigenvalue weighted by Gasteiger charge is -2.41. The van der Waals surface area contributed by atoms with Crippen LogP contribution in [0.25, 0.3) is 0 Å². The Kier molecular flexibility index (Phi) is 25.8. The lowest BCUT2D eigenvalue weighted by Crippen LogP contribution is -2.60. The first-order valence-corrected chi connectivity index (χ1v) is 30.1. The molecule has 1 unspecified atom stereocenters. The Labute approximate surface area is 479 Å². The Morgan fingerprint density at radius 1 is 0.825 bits per heavy atom. The van der Waals surface area contributed by atoms with Crippen LogP contribution in [0.15, 0.2) is 84.0 Å². The molecule has 1 aliphatic carbocycles. The zero-order valence-electron chi connectivity index (χ0n) is 48.2. The zero-order valence-corrected chi connectivity index (χ0v) is 50.0. The van der Waals surface area contributed by atoms with Gasteiger partial charge in [0.15, 0.2) is 0 Å². The third-order valence-electron chi connectivity index (χ3n) is 15.4. The molecule has 3 aromatic rings. The van der Waals surface area contributed by atoms with Gasteiger partial charge in [0.05, 0.1) is 36.6 Å². The van der Waals surface area contributed by atoms with E-state index in [1.54, 1.807) is 103 Å². The quantitative estimate of drug-likeness (QED) is 0.0262. The normalized spacial score (nSPS) is 19.4. The molecule has 2 heterocycles.